The normalized spacial score (nSPS) is 15.6. The van der Waals surface area contributed by atoms with E-state index in [1.54, 1.807) is 0 Å². The Labute approximate surface area is 217 Å². The van der Waals surface area contributed by atoms with Crippen molar-refractivity contribution in [1.82, 2.24) is 0 Å². The lowest BCUT2D eigenvalue weighted by molar-refractivity contribution is -0.143. The van der Waals surface area contributed by atoms with E-state index in [4.69, 9.17) is 9.47 Å². The molecule has 0 aliphatic heterocycles. The fraction of sp³-hybridized carbons (Fsp3) is 0.871. The van der Waals surface area contributed by atoms with Crippen molar-refractivity contribution < 1.29 is 19.1 Å². The van der Waals surface area contributed by atoms with Gasteiger partial charge < -0.3 is 9.47 Å². The zero-order chi connectivity index (χ0) is 25.9. The Hall–Kier alpha value is -1.32. The number of carbonyl (C=O) groups excluding carboxylic acids is 2. The van der Waals surface area contributed by atoms with E-state index in [2.05, 4.69) is 34.6 Å². The third-order valence-corrected chi connectivity index (χ3v) is 6.97. The van der Waals surface area contributed by atoms with E-state index in [1.807, 2.05) is 0 Å². The fourth-order valence-corrected chi connectivity index (χ4v) is 4.99. The molecule has 1 saturated carbocycles. The van der Waals surface area contributed by atoms with E-state index >= 15 is 0 Å². The second-order valence-corrected chi connectivity index (χ2v) is 11.8. The molecular weight excluding hydrogens is 436 g/mol. The molecule has 0 aromatic heterocycles. The van der Waals surface area contributed by atoms with E-state index in [9.17, 15) is 9.59 Å². The highest BCUT2D eigenvalue weighted by molar-refractivity contribution is 6.00. The van der Waals surface area contributed by atoms with Gasteiger partial charge in [0.25, 0.3) is 0 Å². The second-order valence-electron chi connectivity index (χ2n) is 11.8. The molecule has 4 nitrogen and oxygen atoms in total. The molecule has 1 aliphatic rings. The molecule has 0 amide bonds. The maximum atomic E-state index is 13.4. The highest BCUT2D eigenvalue weighted by Crippen LogP contribution is 2.36. The number of unbranched alkanes of at least 4 members (excludes halogenated alkanes) is 10. The molecule has 0 spiro atoms. The van der Waals surface area contributed by atoms with Crippen LogP contribution in [0.3, 0.4) is 0 Å². The summed E-state index contributed by atoms with van der Waals surface area (Å²) in [6, 6.07) is 0. The summed E-state index contributed by atoms with van der Waals surface area (Å²) in [6.07, 6.45) is 19.7. The van der Waals surface area contributed by atoms with Crippen molar-refractivity contribution in [2.75, 3.05) is 13.2 Å². The molecule has 0 radical (unpaired) electrons. The predicted molar refractivity (Wildman–Crippen MR) is 146 cm³/mol. The molecule has 204 valence electrons. The van der Waals surface area contributed by atoms with Gasteiger partial charge in [0.1, 0.15) is 0 Å². The average molecular weight is 493 g/mol. The molecule has 0 bridgehead atoms. The molecule has 4 heteroatoms. The second kappa shape index (κ2) is 18.9. The van der Waals surface area contributed by atoms with Crippen LogP contribution in [-0.4, -0.2) is 25.2 Å². The summed E-state index contributed by atoms with van der Waals surface area (Å²) in [5.41, 5.74) is 1.08. The summed E-state index contributed by atoms with van der Waals surface area (Å²) < 4.78 is 11.5. The van der Waals surface area contributed by atoms with Crippen molar-refractivity contribution in [1.29, 1.82) is 0 Å². The summed E-state index contributed by atoms with van der Waals surface area (Å²) in [5.74, 6) is -0.466. The van der Waals surface area contributed by atoms with Crippen LogP contribution in [0.25, 0.3) is 0 Å². The Balaban J connectivity index is 2.89. The van der Waals surface area contributed by atoms with Gasteiger partial charge in [0.2, 0.25) is 0 Å². The van der Waals surface area contributed by atoms with Crippen LogP contribution in [0, 0.1) is 11.3 Å². The summed E-state index contributed by atoms with van der Waals surface area (Å²) in [7, 11) is 0. The van der Waals surface area contributed by atoms with Crippen LogP contribution in [0.1, 0.15) is 150 Å². The van der Waals surface area contributed by atoms with Crippen molar-refractivity contribution >= 4 is 11.9 Å². The Bertz CT molecular complexity index is 608. The number of rotatable bonds is 18. The van der Waals surface area contributed by atoms with Gasteiger partial charge in [0, 0.05) is 5.57 Å². The molecule has 0 saturated heterocycles. The van der Waals surface area contributed by atoms with Crippen LogP contribution in [-0.2, 0) is 19.1 Å². The molecule has 1 fully saturated rings. The predicted octanol–water partition coefficient (Wildman–Crippen LogP) is 9.11. The van der Waals surface area contributed by atoms with Gasteiger partial charge in [0.15, 0.2) is 0 Å². The molecule has 0 aromatic rings. The van der Waals surface area contributed by atoms with Crippen LogP contribution in [0.15, 0.2) is 11.1 Å². The topological polar surface area (TPSA) is 52.6 Å². The SMILES string of the molecule is CCCCCCCCOC(=O)C(CC(C)(C)C)=C(C(=O)OCCCCCCCC)C1CCCCC1. The first kappa shape index (κ1) is 31.7. The lowest BCUT2D eigenvalue weighted by Gasteiger charge is -2.28. The van der Waals surface area contributed by atoms with Gasteiger partial charge in [-0.05, 0) is 43.4 Å². The van der Waals surface area contributed by atoms with Crippen molar-refractivity contribution in [2.24, 2.45) is 11.3 Å². The Morgan fingerprint density at radius 1 is 0.657 bits per heavy atom. The van der Waals surface area contributed by atoms with E-state index in [0.717, 1.165) is 51.4 Å². The summed E-state index contributed by atoms with van der Waals surface area (Å²) >= 11 is 0. The zero-order valence-corrected chi connectivity index (χ0v) is 23.9. The summed E-state index contributed by atoms with van der Waals surface area (Å²) in [4.78, 5) is 26.7. The molecule has 0 N–H and O–H groups in total. The Morgan fingerprint density at radius 2 is 1.11 bits per heavy atom. The average Bonchev–Trinajstić information content (AvgIpc) is 2.82. The van der Waals surface area contributed by atoms with E-state index in [1.165, 1.54) is 57.8 Å². The summed E-state index contributed by atoms with van der Waals surface area (Å²) in [6.45, 7) is 11.7. The molecule has 0 atom stereocenters. The van der Waals surface area contributed by atoms with Crippen LogP contribution in [0.5, 0.6) is 0 Å². The molecule has 1 aliphatic carbocycles. The van der Waals surface area contributed by atoms with E-state index in [0.29, 0.717) is 30.8 Å². The maximum Gasteiger partial charge on any atom is 0.334 e. The zero-order valence-electron chi connectivity index (χ0n) is 23.9. The van der Waals surface area contributed by atoms with Gasteiger partial charge >= 0.3 is 11.9 Å². The van der Waals surface area contributed by atoms with Crippen LogP contribution < -0.4 is 0 Å². The highest BCUT2D eigenvalue weighted by Gasteiger charge is 2.33. The number of hydrogen-bond acceptors (Lipinski definition) is 4. The van der Waals surface area contributed by atoms with Crippen molar-refractivity contribution in [3.05, 3.63) is 11.1 Å². The molecule has 0 heterocycles. The van der Waals surface area contributed by atoms with Crippen LogP contribution in [0.2, 0.25) is 0 Å². The van der Waals surface area contributed by atoms with Crippen molar-refractivity contribution in [2.45, 2.75) is 150 Å². The number of carbonyl (C=O) groups is 2. The minimum atomic E-state index is -0.300. The van der Waals surface area contributed by atoms with Crippen molar-refractivity contribution in [3.63, 3.8) is 0 Å². The largest absolute Gasteiger partial charge is 0.462 e. The lowest BCUT2D eigenvalue weighted by Crippen LogP contribution is -2.26. The third-order valence-electron chi connectivity index (χ3n) is 6.97. The Morgan fingerprint density at radius 3 is 1.60 bits per heavy atom. The van der Waals surface area contributed by atoms with Gasteiger partial charge in [-0.2, -0.15) is 0 Å². The van der Waals surface area contributed by atoms with Gasteiger partial charge in [-0.1, -0.05) is 118 Å². The van der Waals surface area contributed by atoms with Crippen LogP contribution in [0.4, 0.5) is 0 Å². The third kappa shape index (κ3) is 14.7. The molecule has 0 aromatic carbocycles. The van der Waals surface area contributed by atoms with Crippen LogP contribution >= 0.6 is 0 Å². The quantitative estimate of drug-likeness (QED) is 0.109. The lowest BCUT2D eigenvalue weighted by atomic mass is 9.78. The Kier molecular flexibility index (Phi) is 17.1. The molecule has 1 rings (SSSR count). The first-order valence-corrected chi connectivity index (χ1v) is 14.9. The smallest absolute Gasteiger partial charge is 0.334 e. The monoisotopic (exact) mass is 492 g/mol. The van der Waals surface area contributed by atoms with Crippen molar-refractivity contribution in [3.8, 4) is 0 Å². The number of hydrogen-bond donors (Lipinski definition) is 0. The fourth-order valence-electron chi connectivity index (χ4n) is 4.99. The minimum absolute atomic E-state index is 0.111. The standard InChI is InChI=1S/C31H56O4/c1-6-8-10-12-14-19-23-34-29(32)27(25-31(3,4)5)28(26-21-17-16-18-22-26)30(33)35-24-20-15-13-11-9-7-2/h26H,6-25H2,1-5H3. The first-order valence-electron chi connectivity index (χ1n) is 14.9. The maximum absolute atomic E-state index is 13.4. The highest BCUT2D eigenvalue weighted by atomic mass is 16.5. The molecule has 35 heavy (non-hydrogen) atoms. The van der Waals surface area contributed by atoms with E-state index < -0.39 is 0 Å². The van der Waals surface area contributed by atoms with Gasteiger partial charge in [-0.15, -0.1) is 0 Å². The van der Waals surface area contributed by atoms with Gasteiger partial charge in [0.05, 0.1) is 18.8 Å². The number of esters is 2. The first-order chi connectivity index (χ1) is 16.8. The molecular formula is C31H56O4. The van der Waals surface area contributed by atoms with E-state index in [-0.39, 0.29) is 23.3 Å². The molecule has 0 unspecified atom stereocenters. The minimum Gasteiger partial charge on any atom is -0.462 e. The summed E-state index contributed by atoms with van der Waals surface area (Å²) in [5, 5.41) is 0. The van der Waals surface area contributed by atoms with Gasteiger partial charge in [-0.25, -0.2) is 9.59 Å². The number of ether oxygens (including phenoxy) is 2. The van der Waals surface area contributed by atoms with Gasteiger partial charge in [-0.3, -0.25) is 0 Å².